The minimum absolute atomic E-state index is 0.0551. The van der Waals surface area contributed by atoms with Gasteiger partial charge in [0.1, 0.15) is 11.5 Å². The van der Waals surface area contributed by atoms with Gasteiger partial charge in [-0.05, 0) is 40.5 Å². The number of alkyl halides is 3. The van der Waals surface area contributed by atoms with Gasteiger partial charge in [-0.2, -0.15) is 18.3 Å². The minimum atomic E-state index is -4.60. The molecule has 1 aromatic heterocycles. The van der Waals surface area contributed by atoms with Gasteiger partial charge in [-0.25, -0.2) is 4.39 Å². The third-order valence-corrected chi connectivity index (χ3v) is 3.67. The zero-order valence-corrected chi connectivity index (χ0v) is 11.7. The maximum atomic E-state index is 13.8. The van der Waals surface area contributed by atoms with Crippen LogP contribution < -0.4 is 0 Å². The zero-order chi connectivity index (χ0) is 14.4. The van der Waals surface area contributed by atoms with Crippen LogP contribution in [0.3, 0.4) is 0 Å². The Balaban J connectivity index is 2.61. The highest BCUT2D eigenvalue weighted by Gasteiger charge is 2.37. The van der Waals surface area contributed by atoms with Crippen LogP contribution in [0, 0.1) is 12.7 Å². The molecule has 1 N–H and O–H groups in total. The second kappa shape index (κ2) is 4.79. The lowest BCUT2D eigenvalue weighted by Gasteiger charge is -2.05. The standard InChI is InChI=1S/C11H6BrClF4N2/c1-4-2-5(7(14)3-6(4)13)9-8(12)10(19-18-9)11(15,16)17/h2-3H,1H3,(H,18,19)/i2+2,3+2,4+2,5+2,6+2,7+2. The van der Waals surface area contributed by atoms with E-state index in [-0.39, 0.29) is 20.8 Å². The van der Waals surface area contributed by atoms with Crippen molar-refractivity contribution in [3.8, 4) is 11.3 Å². The van der Waals surface area contributed by atoms with Crippen molar-refractivity contribution in [2.75, 3.05) is 0 Å². The maximum absolute atomic E-state index is 13.8. The van der Waals surface area contributed by atoms with Crippen LogP contribution in [0.5, 0.6) is 0 Å². The van der Waals surface area contributed by atoms with E-state index in [0.29, 0.717) is 5.56 Å². The lowest BCUT2D eigenvalue weighted by molar-refractivity contribution is -0.141. The first-order chi connectivity index (χ1) is 8.71. The third-order valence-electron chi connectivity index (χ3n) is 2.49. The highest BCUT2D eigenvalue weighted by Crippen LogP contribution is 2.39. The van der Waals surface area contributed by atoms with Crippen molar-refractivity contribution in [3.05, 3.63) is 38.7 Å². The van der Waals surface area contributed by atoms with Gasteiger partial charge in [0, 0.05) is 10.6 Å². The lowest BCUT2D eigenvalue weighted by atomic mass is 10.4. The average Bonchev–Trinajstić information content (AvgIpc) is 2.65. The van der Waals surface area contributed by atoms with Gasteiger partial charge in [0.15, 0.2) is 5.69 Å². The van der Waals surface area contributed by atoms with Crippen molar-refractivity contribution in [3.63, 3.8) is 0 Å². The first-order valence-corrected chi connectivity index (χ1v) is 6.16. The monoisotopic (exact) mass is 368 g/mol. The summed E-state index contributed by atoms with van der Waals surface area (Å²) in [7, 11) is 0. The Hall–Kier alpha value is -1.08. The molecule has 8 heteroatoms. The Morgan fingerprint density at radius 3 is 2.53 bits per heavy atom. The average molecular weight is 369 g/mol. The van der Waals surface area contributed by atoms with Crippen LogP contribution in [0.15, 0.2) is 16.6 Å². The molecule has 0 fully saturated rings. The summed E-state index contributed by atoms with van der Waals surface area (Å²) in [5.74, 6) is -0.739. The summed E-state index contributed by atoms with van der Waals surface area (Å²) in [5, 5.41) is 5.56. The molecule has 0 saturated heterocycles. The largest absolute Gasteiger partial charge is 0.433 e. The van der Waals surface area contributed by atoms with E-state index in [9.17, 15) is 17.6 Å². The summed E-state index contributed by atoms with van der Waals surface area (Å²) in [6.45, 7) is 1.62. The van der Waals surface area contributed by atoms with Crippen molar-refractivity contribution in [2.45, 2.75) is 13.1 Å². The molecule has 0 bridgehead atoms. The smallest absolute Gasteiger partial charge is 0.272 e. The van der Waals surface area contributed by atoms with E-state index >= 15 is 0 Å². The number of aryl methyl sites for hydroxylation is 1. The minimum Gasteiger partial charge on any atom is -0.272 e. The number of H-pyrrole nitrogens is 1. The molecule has 0 aliphatic rings. The summed E-state index contributed by atoms with van der Waals surface area (Å²) in [6.07, 6.45) is -4.60. The molecule has 0 aliphatic heterocycles. The Bertz CT molecular complexity index is 636. The lowest BCUT2D eigenvalue weighted by Crippen LogP contribution is -2.06. The highest BCUT2D eigenvalue weighted by molar-refractivity contribution is 9.10. The number of benzene rings is 1. The number of hydrogen-bond donors (Lipinski definition) is 1. The summed E-state index contributed by atoms with van der Waals surface area (Å²) in [6, 6.07) is 2.39. The van der Waals surface area contributed by atoms with Crippen molar-refractivity contribution in [2.24, 2.45) is 0 Å². The van der Waals surface area contributed by atoms with Crippen molar-refractivity contribution >= 4 is 27.5 Å². The van der Waals surface area contributed by atoms with Crippen LogP contribution in [0.1, 0.15) is 11.3 Å². The van der Waals surface area contributed by atoms with E-state index in [1.807, 2.05) is 5.10 Å². The number of aromatic amines is 1. The van der Waals surface area contributed by atoms with Gasteiger partial charge >= 0.3 is 6.18 Å². The molecule has 0 unspecified atom stereocenters. The van der Waals surface area contributed by atoms with Gasteiger partial charge in [0.2, 0.25) is 0 Å². The van der Waals surface area contributed by atoms with E-state index < -0.39 is 17.7 Å². The van der Waals surface area contributed by atoms with Crippen LogP contribution in [-0.2, 0) is 6.18 Å². The van der Waals surface area contributed by atoms with Gasteiger partial charge in [0.05, 0.1) is 4.47 Å². The molecular weight excluding hydrogens is 363 g/mol. The molecule has 1 aromatic carbocycles. The van der Waals surface area contributed by atoms with Crippen LogP contribution >= 0.6 is 27.5 Å². The molecule has 2 nitrogen and oxygen atoms in total. The topological polar surface area (TPSA) is 28.7 Å². The number of nitrogens with zero attached hydrogens (tertiary/aromatic N) is 1. The first kappa shape index (κ1) is 14.3. The summed E-state index contributed by atoms with van der Waals surface area (Å²) < 4.78 is 51.2. The van der Waals surface area contributed by atoms with E-state index in [0.717, 1.165) is 6.07 Å². The number of rotatable bonds is 1. The van der Waals surface area contributed by atoms with Gasteiger partial charge in [0.25, 0.3) is 0 Å². The summed E-state index contributed by atoms with van der Waals surface area (Å²) in [5.41, 5.74) is -0.721. The zero-order valence-electron chi connectivity index (χ0n) is 9.37. The van der Waals surface area contributed by atoms with Crippen LogP contribution in [0.4, 0.5) is 17.6 Å². The molecule has 102 valence electrons. The van der Waals surface area contributed by atoms with Crippen LogP contribution in [-0.4, -0.2) is 10.2 Å². The number of halogens is 6. The molecule has 19 heavy (non-hydrogen) atoms. The predicted octanol–water partition coefficient (Wildman–Crippen LogP) is 4.96. The number of nitrogens with one attached hydrogen (secondary N) is 1. The fraction of sp³-hybridized carbons (Fsp3) is 0.182. The van der Waals surface area contributed by atoms with Gasteiger partial charge in [-0.1, -0.05) is 11.6 Å². The molecular formula is C11H6BrClF4N2. The van der Waals surface area contributed by atoms with Crippen LogP contribution in [0.2, 0.25) is 5.02 Å². The van der Waals surface area contributed by atoms with Gasteiger partial charge < -0.3 is 0 Å². The Morgan fingerprint density at radius 2 is 2.00 bits per heavy atom. The molecule has 2 rings (SSSR count). The highest BCUT2D eigenvalue weighted by atomic mass is 79.9. The van der Waals surface area contributed by atoms with Crippen molar-refractivity contribution in [1.82, 2.24) is 10.2 Å². The number of hydrogen-bond acceptors (Lipinski definition) is 1. The van der Waals surface area contributed by atoms with Crippen LogP contribution in [0.25, 0.3) is 11.3 Å². The van der Waals surface area contributed by atoms with E-state index in [2.05, 4.69) is 21.0 Å². The predicted molar refractivity (Wildman–Crippen MR) is 66.4 cm³/mol. The van der Waals surface area contributed by atoms with Crippen molar-refractivity contribution in [1.29, 1.82) is 0 Å². The fourth-order valence-electron chi connectivity index (χ4n) is 1.53. The van der Waals surface area contributed by atoms with Crippen molar-refractivity contribution < 1.29 is 17.6 Å². The number of aromatic nitrogens is 2. The quantitative estimate of drug-likeness (QED) is 0.707. The Morgan fingerprint density at radius 1 is 1.37 bits per heavy atom. The molecule has 2 aromatic rings. The molecule has 0 amide bonds. The Kier molecular flexibility index (Phi) is 3.61. The van der Waals surface area contributed by atoms with E-state index in [4.69, 9.17) is 11.6 Å². The third kappa shape index (κ3) is 2.62. The molecule has 0 spiro atoms. The Labute approximate surface area is 118 Å². The van der Waals surface area contributed by atoms with Gasteiger partial charge in [-0.3, -0.25) is 5.10 Å². The molecule has 1 heterocycles. The molecule has 0 saturated carbocycles. The maximum Gasteiger partial charge on any atom is 0.433 e. The molecule has 0 radical (unpaired) electrons. The van der Waals surface area contributed by atoms with E-state index in [1.54, 1.807) is 6.92 Å². The first-order valence-electron chi connectivity index (χ1n) is 4.99. The van der Waals surface area contributed by atoms with E-state index in [1.165, 1.54) is 6.07 Å². The fourth-order valence-corrected chi connectivity index (χ4v) is 2.30. The SMILES string of the molecule is C[14c]1[14cH][14c](-c2n[nH]c(C(F)(F)F)c2Br)[14c](F)[14cH][14c]1Cl. The summed E-state index contributed by atoms with van der Waals surface area (Å²) >= 11 is 8.52. The molecule has 0 atom stereocenters. The normalized spacial score (nSPS) is 11.9. The second-order valence-electron chi connectivity index (χ2n) is 3.84. The molecule has 0 aliphatic carbocycles. The second-order valence-corrected chi connectivity index (χ2v) is 5.04. The summed E-state index contributed by atoms with van der Waals surface area (Å²) in [4.78, 5) is 0. The van der Waals surface area contributed by atoms with Gasteiger partial charge in [-0.15, -0.1) is 0 Å².